The quantitative estimate of drug-likeness (QED) is 0.171. The molecule has 0 fully saturated rings. The summed E-state index contributed by atoms with van der Waals surface area (Å²) >= 11 is 0. The zero-order valence-corrected chi connectivity index (χ0v) is 27.9. The maximum absolute atomic E-state index is 3.22. The van der Waals surface area contributed by atoms with E-state index in [0.717, 1.165) is 0 Å². The standard InChI is InChI=1S/C46H32N2Si/c1-5-19-33(20-6-1)47-41-31-17-15-29-39(41)43-37-27-13-14-28-38(37)44-40-30-16-18-32-42(40)48(34-21-7-2-8-22-34)46(44)49(45(43)47,35-23-9-3-10-24-35)36-25-11-4-12-26-36/h1-32H. The van der Waals surface area contributed by atoms with Crippen molar-refractivity contribution in [3.05, 3.63) is 194 Å². The third kappa shape index (κ3) is 3.88. The molecule has 49 heavy (non-hydrogen) atoms. The zero-order valence-electron chi connectivity index (χ0n) is 26.9. The molecule has 10 rings (SSSR count). The first-order chi connectivity index (χ1) is 24.4. The summed E-state index contributed by atoms with van der Waals surface area (Å²) in [5.41, 5.74) is 10.0. The van der Waals surface area contributed by atoms with Crippen LogP contribution in [0.4, 0.5) is 0 Å². The average Bonchev–Trinajstić information content (AvgIpc) is 3.68. The molecule has 0 amide bonds. The van der Waals surface area contributed by atoms with Crippen molar-refractivity contribution in [1.29, 1.82) is 0 Å². The maximum Gasteiger partial charge on any atom is 0.220 e. The van der Waals surface area contributed by atoms with Crippen LogP contribution in [0.25, 0.3) is 55.4 Å². The minimum Gasteiger partial charge on any atom is -0.316 e. The molecule has 1 aliphatic rings. The van der Waals surface area contributed by atoms with Crippen LogP contribution in [-0.2, 0) is 0 Å². The third-order valence-corrected chi connectivity index (χ3v) is 15.1. The van der Waals surface area contributed by atoms with E-state index in [1.165, 1.54) is 76.4 Å². The molecule has 3 heteroatoms. The number of fused-ring (bicyclic) bond motifs is 9. The molecule has 0 unspecified atom stereocenters. The van der Waals surface area contributed by atoms with Gasteiger partial charge in [0.05, 0.1) is 11.0 Å². The molecule has 0 saturated carbocycles. The summed E-state index contributed by atoms with van der Waals surface area (Å²) in [6.07, 6.45) is 0. The number of nitrogens with zero attached hydrogens (tertiary/aromatic N) is 2. The Morgan fingerprint density at radius 3 is 1.04 bits per heavy atom. The lowest BCUT2D eigenvalue weighted by atomic mass is 9.94. The SMILES string of the molecule is c1ccc(-n2c3c(c4ccccc42)-c2ccccc2-c2c(n(-c4ccccc4)c4ccccc24)[Si]3(c2ccccc2)c2ccccc2)cc1. The van der Waals surface area contributed by atoms with Gasteiger partial charge in [0.1, 0.15) is 0 Å². The van der Waals surface area contributed by atoms with E-state index in [1.807, 2.05) is 0 Å². The Morgan fingerprint density at radius 1 is 0.306 bits per heavy atom. The van der Waals surface area contributed by atoms with Gasteiger partial charge < -0.3 is 9.13 Å². The van der Waals surface area contributed by atoms with Gasteiger partial charge in [-0.1, -0.05) is 158 Å². The highest BCUT2D eigenvalue weighted by atomic mass is 28.3. The van der Waals surface area contributed by atoms with Crippen molar-refractivity contribution in [3.8, 4) is 33.6 Å². The summed E-state index contributed by atoms with van der Waals surface area (Å²) < 4.78 is 5.21. The van der Waals surface area contributed by atoms with Crippen LogP contribution in [0.15, 0.2) is 194 Å². The van der Waals surface area contributed by atoms with Gasteiger partial charge in [0.15, 0.2) is 0 Å². The van der Waals surface area contributed by atoms with Crippen molar-refractivity contribution < 1.29 is 0 Å². The smallest absolute Gasteiger partial charge is 0.220 e. The van der Waals surface area contributed by atoms with Crippen molar-refractivity contribution in [2.75, 3.05) is 0 Å². The van der Waals surface area contributed by atoms with Gasteiger partial charge >= 0.3 is 0 Å². The summed E-state index contributed by atoms with van der Waals surface area (Å²) in [6.45, 7) is 0. The lowest BCUT2D eigenvalue weighted by molar-refractivity contribution is 1.14. The predicted molar refractivity (Wildman–Crippen MR) is 208 cm³/mol. The number of benzene rings is 7. The Labute approximate surface area is 286 Å². The van der Waals surface area contributed by atoms with Crippen molar-refractivity contribution in [1.82, 2.24) is 9.13 Å². The van der Waals surface area contributed by atoms with E-state index < -0.39 is 8.07 Å². The van der Waals surface area contributed by atoms with Crippen LogP contribution in [0, 0.1) is 0 Å². The highest BCUT2D eigenvalue weighted by Crippen LogP contribution is 2.44. The van der Waals surface area contributed by atoms with Crippen LogP contribution < -0.4 is 21.0 Å². The fraction of sp³-hybridized carbons (Fsp3) is 0. The first-order valence-electron chi connectivity index (χ1n) is 17.0. The van der Waals surface area contributed by atoms with Crippen LogP contribution >= 0.6 is 0 Å². The van der Waals surface area contributed by atoms with Crippen LogP contribution in [0.3, 0.4) is 0 Å². The second kappa shape index (κ2) is 10.9. The average molecular weight is 641 g/mol. The highest BCUT2D eigenvalue weighted by Gasteiger charge is 2.52. The van der Waals surface area contributed by atoms with E-state index in [9.17, 15) is 0 Å². The highest BCUT2D eigenvalue weighted by molar-refractivity contribution is 7.21. The normalized spacial score (nSPS) is 13.1. The van der Waals surface area contributed by atoms with Crippen LogP contribution in [0.5, 0.6) is 0 Å². The minimum atomic E-state index is -3.22. The van der Waals surface area contributed by atoms with E-state index in [-0.39, 0.29) is 0 Å². The van der Waals surface area contributed by atoms with Crippen LogP contribution in [-0.4, -0.2) is 17.2 Å². The summed E-state index contributed by atoms with van der Waals surface area (Å²) in [7, 11) is -3.22. The van der Waals surface area contributed by atoms with Gasteiger partial charge in [-0.2, -0.15) is 0 Å². The van der Waals surface area contributed by atoms with Crippen molar-refractivity contribution in [2.24, 2.45) is 0 Å². The third-order valence-electron chi connectivity index (χ3n) is 10.4. The Kier molecular flexibility index (Phi) is 6.23. The topological polar surface area (TPSA) is 9.86 Å². The molecule has 0 saturated heterocycles. The lowest BCUT2D eigenvalue weighted by Crippen LogP contribution is -2.77. The number of hydrogen-bond donors (Lipinski definition) is 0. The molecular weight excluding hydrogens is 609 g/mol. The molecule has 0 atom stereocenters. The van der Waals surface area contributed by atoms with Gasteiger partial charge in [-0.15, -0.1) is 0 Å². The second-order valence-electron chi connectivity index (χ2n) is 12.9. The van der Waals surface area contributed by atoms with Crippen molar-refractivity contribution in [2.45, 2.75) is 0 Å². The summed E-state index contributed by atoms with van der Waals surface area (Å²) in [5.74, 6) is 0. The monoisotopic (exact) mass is 640 g/mol. The van der Waals surface area contributed by atoms with Gasteiger partial charge in [-0.3, -0.25) is 0 Å². The fourth-order valence-electron chi connectivity index (χ4n) is 8.55. The maximum atomic E-state index is 2.61. The number of hydrogen-bond acceptors (Lipinski definition) is 0. The molecule has 0 aliphatic carbocycles. The van der Waals surface area contributed by atoms with Gasteiger partial charge in [-0.05, 0) is 57.9 Å². The predicted octanol–water partition coefficient (Wildman–Crippen LogP) is 8.60. The van der Waals surface area contributed by atoms with Crippen LogP contribution in [0.1, 0.15) is 0 Å². The van der Waals surface area contributed by atoms with E-state index >= 15 is 0 Å². The Bertz CT molecular complexity index is 2450. The largest absolute Gasteiger partial charge is 0.316 e. The summed E-state index contributed by atoms with van der Waals surface area (Å²) in [6, 6.07) is 72.0. The van der Waals surface area contributed by atoms with Gasteiger partial charge in [0, 0.05) is 43.9 Å². The van der Waals surface area contributed by atoms with E-state index in [1.54, 1.807) is 0 Å². The van der Waals surface area contributed by atoms with Crippen molar-refractivity contribution >= 4 is 50.9 Å². The molecule has 0 radical (unpaired) electrons. The Hall–Kier alpha value is -6.16. The molecule has 2 aromatic heterocycles. The number of rotatable bonds is 4. The van der Waals surface area contributed by atoms with Gasteiger partial charge in [0.25, 0.3) is 0 Å². The number of aromatic nitrogens is 2. The molecule has 1 aliphatic heterocycles. The van der Waals surface area contributed by atoms with E-state index in [0.29, 0.717) is 0 Å². The molecule has 2 nitrogen and oxygen atoms in total. The molecule has 0 bridgehead atoms. The second-order valence-corrected chi connectivity index (χ2v) is 16.5. The Balaban J connectivity index is 1.58. The lowest BCUT2D eigenvalue weighted by Gasteiger charge is -2.36. The van der Waals surface area contributed by atoms with E-state index in [4.69, 9.17) is 0 Å². The summed E-state index contributed by atoms with van der Waals surface area (Å²) in [4.78, 5) is 0. The van der Waals surface area contributed by atoms with E-state index in [2.05, 4.69) is 203 Å². The first kappa shape index (κ1) is 27.9. The van der Waals surface area contributed by atoms with Gasteiger partial charge in [-0.25, -0.2) is 0 Å². The molecule has 0 N–H and O–H groups in total. The molecule has 0 spiro atoms. The first-order valence-corrected chi connectivity index (χ1v) is 19.0. The summed E-state index contributed by atoms with van der Waals surface area (Å²) in [5, 5.41) is 8.02. The molecule has 230 valence electrons. The number of para-hydroxylation sites is 4. The molecular formula is C46H32N2Si. The molecule has 9 aromatic rings. The zero-order chi connectivity index (χ0) is 32.4. The molecule has 3 heterocycles. The van der Waals surface area contributed by atoms with Gasteiger partial charge in [0.2, 0.25) is 8.07 Å². The Morgan fingerprint density at radius 2 is 0.633 bits per heavy atom. The molecule has 7 aromatic carbocycles. The minimum absolute atomic E-state index is 1.17. The van der Waals surface area contributed by atoms with Crippen LogP contribution in [0.2, 0.25) is 0 Å². The van der Waals surface area contributed by atoms with Crippen molar-refractivity contribution in [3.63, 3.8) is 0 Å². The fourth-order valence-corrected chi connectivity index (χ4v) is 14.0.